The number of hydrogen-bond acceptors (Lipinski definition) is 4. The normalized spacial score (nSPS) is 11.1. The molecule has 0 saturated carbocycles. The van der Waals surface area contributed by atoms with Crippen molar-refractivity contribution < 1.29 is 14.7 Å². The van der Waals surface area contributed by atoms with Crippen molar-refractivity contribution in [2.24, 2.45) is 0 Å². The molecule has 18 heavy (non-hydrogen) atoms. The third kappa shape index (κ3) is 3.79. The van der Waals surface area contributed by atoms with E-state index in [1.165, 1.54) is 25.3 Å². The molecule has 0 unspecified atom stereocenters. The molecule has 6 nitrogen and oxygen atoms in total. The maximum atomic E-state index is 11.5. The molecule has 1 amide bonds. The lowest BCUT2D eigenvalue weighted by Crippen LogP contribution is -2.26. The highest BCUT2D eigenvalue weighted by Gasteiger charge is 2.11. The van der Waals surface area contributed by atoms with Gasteiger partial charge in [-0.25, -0.2) is 4.98 Å². The van der Waals surface area contributed by atoms with Crippen LogP contribution in [0, 0.1) is 12.3 Å². The highest BCUT2D eigenvalue weighted by Crippen LogP contribution is 2.06. The first kappa shape index (κ1) is 13.5. The second-order valence-corrected chi connectivity index (χ2v) is 3.52. The molecule has 1 aromatic rings. The summed E-state index contributed by atoms with van der Waals surface area (Å²) < 4.78 is 0. The van der Waals surface area contributed by atoms with Crippen LogP contribution in [0.5, 0.6) is 0 Å². The number of anilines is 1. The van der Waals surface area contributed by atoms with Crippen LogP contribution in [0.15, 0.2) is 18.3 Å². The molecule has 0 bridgehead atoms. The van der Waals surface area contributed by atoms with Gasteiger partial charge in [0.15, 0.2) is 0 Å². The predicted molar refractivity (Wildman–Crippen MR) is 66.1 cm³/mol. The lowest BCUT2D eigenvalue weighted by atomic mass is 10.2. The van der Waals surface area contributed by atoms with Crippen molar-refractivity contribution in [3.8, 4) is 12.3 Å². The topological polar surface area (TPSA) is 91.3 Å². The fourth-order valence-corrected chi connectivity index (χ4v) is 1.13. The first-order valence-corrected chi connectivity index (χ1v) is 5.21. The van der Waals surface area contributed by atoms with Gasteiger partial charge in [0, 0.05) is 6.20 Å². The Labute approximate surface area is 104 Å². The third-order valence-corrected chi connectivity index (χ3v) is 2.11. The lowest BCUT2D eigenvalue weighted by Gasteiger charge is -2.09. The maximum absolute atomic E-state index is 11.5. The zero-order valence-corrected chi connectivity index (χ0v) is 9.80. The Balaban J connectivity index is 2.66. The van der Waals surface area contributed by atoms with Gasteiger partial charge in [-0.1, -0.05) is 5.92 Å². The molecule has 1 atom stereocenters. The second-order valence-electron chi connectivity index (χ2n) is 3.52. The maximum Gasteiger partial charge on any atom is 0.325 e. The molecule has 3 N–H and O–H groups in total. The number of nitrogens with one attached hydrogen (secondary N) is 2. The molecule has 6 heteroatoms. The number of aromatic nitrogens is 1. The molecule has 0 aliphatic rings. The van der Waals surface area contributed by atoms with E-state index in [4.69, 9.17) is 11.5 Å². The Bertz CT molecular complexity index is 476. The van der Waals surface area contributed by atoms with Crippen molar-refractivity contribution >= 4 is 17.7 Å². The number of carbonyl (C=O) groups excluding carboxylic acids is 1. The van der Waals surface area contributed by atoms with E-state index < -0.39 is 12.0 Å². The third-order valence-electron chi connectivity index (χ3n) is 2.11. The average molecular weight is 247 g/mol. The summed E-state index contributed by atoms with van der Waals surface area (Å²) in [6, 6.07) is 2.32. The zero-order chi connectivity index (χ0) is 13.5. The molecular formula is C12H13N3O3. The van der Waals surface area contributed by atoms with Crippen LogP contribution in [0.2, 0.25) is 0 Å². The second kappa shape index (κ2) is 6.25. The van der Waals surface area contributed by atoms with Gasteiger partial charge in [0.05, 0.1) is 12.1 Å². The Morgan fingerprint density at radius 2 is 2.28 bits per heavy atom. The van der Waals surface area contributed by atoms with Crippen LogP contribution in [-0.2, 0) is 4.79 Å². The molecule has 94 valence electrons. The summed E-state index contributed by atoms with van der Waals surface area (Å²) in [4.78, 5) is 26.1. The molecular weight excluding hydrogens is 234 g/mol. The van der Waals surface area contributed by atoms with Gasteiger partial charge >= 0.3 is 5.97 Å². The fourth-order valence-electron chi connectivity index (χ4n) is 1.13. The quantitative estimate of drug-likeness (QED) is 0.652. The van der Waals surface area contributed by atoms with Gasteiger partial charge in [0.2, 0.25) is 0 Å². The van der Waals surface area contributed by atoms with Crippen LogP contribution in [0.25, 0.3) is 0 Å². The van der Waals surface area contributed by atoms with Crippen molar-refractivity contribution in [1.29, 1.82) is 0 Å². The van der Waals surface area contributed by atoms with Crippen LogP contribution >= 0.6 is 0 Å². The number of aliphatic carboxylic acids is 1. The first-order valence-electron chi connectivity index (χ1n) is 5.21. The molecule has 1 heterocycles. The van der Waals surface area contributed by atoms with Gasteiger partial charge in [-0.2, -0.15) is 0 Å². The Kier molecular flexibility index (Phi) is 4.69. The minimum absolute atomic E-state index is 0.148. The number of terminal acetylenes is 1. The molecule has 0 saturated heterocycles. The van der Waals surface area contributed by atoms with E-state index in [-0.39, 0.29) is 12.5 Å². The lowest BCUT2D eigenvalue weighted by molar-refractivity contribution is -0.137. The smallest absolute Gasteiger partial charge is 0.325 e. The van der Waals surface area contributed by atoms with E-state index >= 15 is 0 Å². The Hall–Kier alpha value is -2.55. The molecule has 0 spiro atoms. The van der Waals surface area contributed by atoms with E-state index in [2.05, 4.69) is 21.5 Å². The highest BCUT2D eigenvalue weighted by atomic mass is 16.4. The monoisotopic (exact) mass is 247 g/mol. The largest absolute Gasteiger partial charge is 0.480 e. The number of nitrogens with zero attached hydrogens (tertiary/aromatic N) is 1. The van der Waals surface area contributed by atoms with Crippen molar-refractivity contribution in [1.82, 2.24) is 10.3 Å². The molecule has 1 aromatic heterocycles. The number of carboxylic acids is 1. The zero-order valence-electron chi connectivity index (χ0n) is 9.80. The average Bonchev–Trinajstić information content (AvgIpc) is 2.36. The Morgan fingerprint density at radius 3 is 2.78 bits per heavy atom. The standard InChI is InChI=1S/C12H13N3O3/c1-3-6-13-11(16)9-4-5-10(14-7-9)15-8(2)12(17)18/h1,4-5,7-8H,6H2,2H3,(H,13,16)(H,14,15)(H,17,18)/t8-/m0/s1. The van der Waals surface area contributed by atoms with Gasteiger partial charge in [-0.15, -0.1) is 6.42 Å². The predicted octanol–water partition coefficient (Wildman–Crippen LogP) is 0.330. The summed E-state index contributed by atoms with van der Waals surface area (Å²) in [7, 11) is 0. The number of carbonyl (C=O) groups is 2. The first-order chi connectivity index (χ1) is 8.54. The molecule has 0 radical (unpaired) electrons. The van der Waals surface area contributed by atoms with Crippen molar-refractivity contribution in [2.75, 3.05) is 11.9 Å². The fraction of sp³-hybridized carbons (Fsp3) is 0.250. The number of pyridine rings is 1. The summed E-state index contributed by atoms with van der Waals surface area (Å²) in [5.74, 6) is 1.38. The molecule has 0 aliphatic heterocycles. The van der Waals surface area contributed by atoms with E-state index in [0.29, 0.717) is 11.4 Å². The van der Waals surface area contributed by atoms with Crippen molar-refractivity contribution in [3.63, 3.8) is 0 Å². The van der Waals surface area contributed by atoms with E-state index in [0.717, 1.165) is 0 Å². The van der Waals surface area contributed by atoms with Crippen LogP contribution in [0.4, 0.5) is 5.82 Å². The number of carboxylic acid groups (broad SMARTS) is 1. The van der Waals surface area contributed by atoms with Gasteiger partial charge in [0.25, 0.3) is 5.91 Å². The molecule has 0 aromatic carbocycles. The molecule has 0 aliphatic carbocycles. The highest BCUT2D eigenvalue weighted by molar-refractivity contribution is 5.94. The number of rotatable bonds is 5. The molecule has 1 rings (SSSR count). The number of amides is 1. The van der Waals surface area contributed by atoms with Gasteiger partial charge in [-0.3, -0.25) is 9.59 Å². The van der Waals surface area contributed by atoms with Gasteiger partial charge in [-0.05, 0) is 19.1 Å². The van der Waals surface area contributed by atoms with Crippen LogP contribution in [0.1, 0.15) is 17.3 Å². The summed E-state index contributed by atoms with van der Waals surface area (Å²) in [5.41, 5.74) is 0.360. The van der Waals surface area contributed by atoms with Crippen molar-refractivity contribution in [3.05, 3.63) is 23.9 Å². The minimum Gasteiger partial charge on any atom is -0.480 e. The number of hydrogen-bond donors (Lipinski definition) is 3. The summed E-state index contributed by atoms with van der Waals surface area (Å²) in [5, 5.41) is 13.9. The summed E-state index contributed by atoms with van der Waals surface area (Å²) in [6.07, 6.45) is 6.37. The van der Waals surface area contributed by atoms with Crippen molar-refractivity contribution in [2.45, 2.75) is 13.0 Å². The Morgan fingerprint density at radius 1 is 1.56 bits per heavy atom. The van der Waals surface area contributed by atoms with E-state index in [9.17, 15) is 9.59 Å². The van der Waals surface area contributed by atoms with Crippen LogP contribution in [-0.4, -0.2) is 34.6 Å². The minimum atomic E-state index is -0.979. The van der Waals surface area contributed by atoms with E-state index in [1.54, 1.807) is 0 Å². The van der Waals surface area contributed by atoms with E-state index in [1.807, 2.05) is 0 Å². The van der Waals surface area contributed by atoms with Crippen LogP contribution < -0.4 is 10.6 Å². The van der Waals surface area contributed by atoms with Gasteiger partial charge < -0.3 is 15.7 Å². The van der Waals surface area contributed by atoms with Crippen LogP contribution in [0.3, 0.4) is 0 Å². The summed E-state index contributed by atoms with van der Waals surface area (Å²) >= 11 is 0. The molecule has 0 fully saturated rings. The SMILES string of the molecule is C#CCNC(=O)c1ccc(N[C@@H](C)C(=O)O)nc1. The summed E-state index contributed by atoms with van der Waals surface area (Å²) in [6.45, 7) is 1.65. The van der Waals surface area contributed by atoms with Gasteiger partial charge in [0.1, 0.15) is 11.9 Å².